The van der Waals surface area contributed by atoms with Crippen LogP contribution in [0.25, 0.3) is 0 Å². The lowest BCUT2D eigenvalue weighted by molar-refractivity contribution is -0.142. The summed E-state index contributed by atoms with van der Waals surface area (Å²) in [5.41, 5.74) is 5.29. The van der Waals surface area contributed by atoms with Crippen molar-refractivity contribution in [3.8, 4) is 0 Å². The van der Waals surface area contributed by atoms with Gasteiger partial charge in [0.1, 0.15) is 18.1 Å². The summed E-state index contributed by atoms with van der Waals surface area (Å²) in [7, 11) is 0. The van der Waals surface area contributed by atoms with E-state index < -0.39 is 42.5 Å². The normalized spacial score (nSPS) is 15.3. The lowest BCUT2D eigenvalue weighted by Gasteiger charge is -2.20. The van der Waals surface area contributed by atoms with Crippen LogP contribution in [-0.4, -0.2) is 52.7 Å². The second-order valence-electron chi connectivity index (χ2n) is 5.05. The molecule has 0 aromatic rings. The van der Waals surface area contributed by atoms with E-state index in [2.05, 4.69) is 10.6 Å². The number of carbonyl (C=O) groups excluding carboxylic acids is 2. The zero-order valence-corrected chi connectivity index (χ0v) is 11.9. The highest BCUT2D eigenvalue weighted by molar-refractivity contribution is 5.91. The van der Waals surface area contributed by atoms with Crippen LogP contribution in [0.2, 0.25) is 0 Å². The number of carboxylic acids is 1. The van der Waals surface area contributed by atoms with E-state index >= 15 is 0 Å². The maximum absolute atomic E-state index is 11.8. The molecule has 0 aliphatic rings. The first-order valence-corrected chi connectivity index (χ1v) is 6.39. The molecule has 8 heteroatoms. The number of nitrogens with two attached hydrogens (primary N) is 1. The highest BCUT2D eigenvalue weighted by Gasteiger charge is 2.25. The minimum absolute atomic E-state index is 0.101. The van der Waals surface area contributed by atoms with Crippen LogP contribution in [0.15, 0.2) is 0 Å². The minimum Gasteiger partial charge on any atom is -0.480 e. The first-order chi connectivity index (χ1) is 9.18. The van der Waals surface area contributed by atoms with Crippen LogP contribution < -0.4 is 16.4 Å². The highest BCUT2D eigenvalue weighted by Crippen LogP contribution is 2.05. The number of aliphatic hydroxyl groups excluding tert-OH is 1. The fourth-order valence-electron chi connectivity index (χ4n) is 1.46. The van der Waals surface area contributed by atoms with Crippen LogP contribution in [0, 0.1) is 5.92 Å². The molecule has 0 aromatic heterocycles. The summed E-state index contributed by atoms with van der Waals surface area (Å²) in [5, 5.41) is 22.4. The van der Waals surface area contributed by atoms with Gasteiger partial charge in [0.2, 0.25) is 11.8 Å². The Morgan fingerprint density at radius 1 is 1.10 bits per heavy atom. The Morgan fingerprint density at radius 3 is 2.05 bits per heavy atom. The smallest absolute Gasteiger partial charge is 0.326 e. The van der Waals surface area contributed by atoms with Crippen LogP contribution in [0.4, 0.5) is 0 Å². The van der Waals surface area contributed by atoms with E-state index in [1.165, 1.54) is 6.92 Å². The summed E-state index contributed by atoms with van der Waals surface area (Å²) in [5.74, 6) is -2.32. The van der Waals surface area contributed by atoms with Crippen molar-refractivity contribution in [2.75, 3.05) is 6.61 Å². The first kappa shape index (κ1) is 18.3. The lowest BCUT2D eigenvalue weighted by Crippen LogP contribution is -2.54. The molecule has 6 N–H and O–H groups in total. The molecule has 2 amide bonds. The SMILES string of the molecule is CC(C)C[C@H](NC(=O)[C@H](C)NC(=O)[C@@H](N)CO)C(=O)O. The first-order valence-electron chi connectivity index (χ1n) is 6.39. The number of carboxylic acid groups (broad SMARTS) is 1. The Kier molecular flexibility index (Phi) is 7.78. The van der Waals surface area contributed by atoms with Gasteiger partial charge in [-0.1, -0.05) is 13.8 Å². The maximum atomic E-state index is 11.8. The molecule has 0 rings (SSSR count). The van der Waals surface area contributed by atoms with Crippen molar-refractivity contribution in [1.82, 2.24) is 10.6 Å². The second kappa shape index (κ2) is 8.49. The zero-order chi connectivity index (χ0) is 15.9. The van der Waals surface area contributed by atoms with Crippen LogP contribution in [-0.2, 0) is 14.4 Å². The average Bonchev–Trinajstić information content (AvgIpc) is 2.35. The van der Waals surface area contributed by atoms with E-state index in [-0.39, 0.29) is 12.3 Å². The fourth-order valence-corrected chi connectivity index (χ4v) is 1.46. The molecule has 0 aliphatic carbocycles. The van der Waals surface area contributed by atoms with Crippen LogP contribution in [0.3, 0.4) is 0 Å². The van der Waals surface area contributed by atoms with Crippen molar-refractivity contribution in [2.45, 2.75) is 45.3 Å². The summed E-state index contributed by atoms with van der Waals surface area (Å²) in [6.45, 7) is 4.55. The number of nitrogens with one attached hydrogen (secondary N) is 2. The second-order valence-corrected chi connectivity index (χ2v) is 5.05. The molecule has 20 heavy (non-hydrogen) atoms. The van der Waals surface area contributed by atoms with Gasteiger partial charge in [-0.2, -0.15) is 0 Å². The molecule has 0 spiro atoms. The van der Waals surface area contributed by atoms with E-state index in [1.54, 1.807) is 0 Å². The molecule has 0 radical (unpaired) electrons. The number of amides is 2. The summed E-state index contributed by atoms with van der Waals surface area (Å²) in [6.07, 6.45) is 0.290. The van der Waals surface area contributed by atoms with Gasteiger partial charge < -0.3 is 26.6 Å². The number of carbonyl (C=O) groups is 3. The quantitative estimate of drug-likeness (QED) is 0.365. The Bertz CT molecular complexity index is 359. The molecule has 0 unspecified atom stereocenters. The molecule has 0 saturated carbocycles. The molecule has 116 valence electrons. The number of hydrogen-bond acceptors (Lipinski definition) is 5. The number of rotatable bonds is 8. The molecule has 0 fully saturated rings. The molecule has 0 bridgehead atoms. The van der Waals surface area contributed by atoms with Crippen LogP contribution in [0.1, 0.15) is 27.2 Å². The van der Waals surface area contributed by atoms with Gasteiger partial charge in [-0.05, 0) is 19.3 Å². The monoisotopic (exact) mass is 289 g/mol. The summed E-state index contributed by atoms with van der Waals surface area (Å²) in [6, 6.07) is -3.06. The third-order valence-electron chi connectivity index (χ3n) is 2.61. The Morgan fingerprint density at radius 2 is 1.65 bits per heavy atom. The Balaban J connectivity index is 4.49. The third kappa shape index (κ3) is 6.48. The summed E-state index contributed by atoms with van der Waals surface area (Å²) in [4.78, 5) is 34.2. The van der Waals surface area contributed by atoms with Crippen molar-refractivity contribution in [3.63, 3.8) is 0 Å². The number of aliphatic hydroxyl groups is 1. The molecule has 8 nitrogen and oxygen atoms in total. The Labute approximate surface area is 117 Å². The molecule has 0 aliphatic heterocycles. The predicted molar refractivity (Wildman–Crippen MR) is 71.7 cm³/mol. The number of hydrogen-bond donors (Lipinski definition) is 5. The lowest BCUT2D eigenvalue weighted by atomic mass is 10.0. The van der Waals surface area contributed by atoms with E-state index in [9.17, 15) is 14.4 Å². The fraction of sp³-hybridized carbons (Fsp3) is 0.750. The van der Waals surface area contributed by atoms with Crippen molar-refractivity contribution in [3.05, 3.63) is 0 Å². The van der Waals surface area contributed by atoms with Crippen molar-refractivity contribution < 1.29 is 24.6 Å². The maximum Gasteiger partial charge on any atom is 0.326 e. The molecule has 0 aromatic carbocycles. The number of aliphatic carboxylic acids is 1. The minimum atomic E-state index is -1.13. The zero-order valence-electron chi connectivity index (χ0n) is 11.9. The molecular weight excluding hydrogens is 266 g/mol. The van der Waals surface area contributed by atoms with Gasteiger partial charge in [0.05, 0.1) is 6.61 Å². The summed E-state index contributed by atoms with van der Waals surface area (Å²) >= 11 is 0. The van der Waals surface area contributed by atoms with E-state index in [0.717, 1.165) is 0 Å². The van der Waals surface area contributed by atoms with Crippen molar-refractivity contribution in [2.24, 2.45) is 11.7 Å². The van der Waals surface area contributed by atoms with E-state index in [1.807, 2.05) is 13.8 Å². The topological polar surface area (TPSA) is 142 Å². The average molecular weight is 289 g/mol. The van der Waals surface area contributed by atoms with E-state index in [4.69, 9.17) is 15.9 Å². The van der Waals surface area contributed by atoms with Gasteiger partial charge in [-0.3, -0.25) is 9.59 Å². The predicted octanol–water partition coefficient (Wildman–Crippen LogP) is -1.57. The van der Waals surface area contributed by atoms with Gasteiger partial charge >= 0.3 is 5.97 Å². The highest BCUT2D eigenvalue weighted by atomic mass is 16.4. The van der Waals surface area contributed by atoms with Crippen LogP contribution >= 0.6 is 0 Å². The van der Waals surface area contributed by atoms with Gasteiger partial charge in [0, 0.05) is 0 Å². The van der Waals surface area contributed by atoms with Crippen LogP contribution in [0.5, 0.6) is 0 Å². The van der Waals surface area contributed by atoms with Gasteiger partial charge in [0.15, 0.2) is 0 Å². The van der Waals surface area contributed by atoms with E-state index in [0.29, 0.717) is 0 Å². The Hall–Kier alpha value is -1.67. The largest absolute Gasteiger partial charge is 0.480 e. The van der Waals surface area contributed by atoms with Crippen molar-refractivity contribution >= 4 is 17.8 Å². The van der Waals surface area contributed by atoms with Gasteiger partial charge in [0.25, 0.3) is 0 Å². The molecular formula is C12H23N3O5. The molecule has 3 atom stereocenters. The standard InChI is InChI=1S/C12H23N3O5/c1-6(2)4-9(12(19)20)15-10(17)7(3)14-11(18)8(13)5-16/h6-9,16H,4-5,13H2,1-3H3,(H,14,18)(H,15,17)(H,19,20)/t7-,8-,9-/m0/s1. The molecule has 0 saturated heterocycles. The third-order valence-corrected chi connectivity index (χ3v) is 2.61. The van der Waals surface area contributed by atoms with Crippen molar-refractivity contribution in [1.29, 1.82) is 0 Å². The van der Waals surface area contributed by atoms with Gasteiger partial charge in [-0.25, -0.2) is 4.79 Å². The summed E-state index contributed by atoms with van der Waals surface area (Å²) < 4.78 is 0. The molecule has 0 heterocycles. The van der Waals surface area contributed by atoms with Gasteiger partial charge in [-0.15, -0.1) is 0 Å².